The number of likely N-dealkylation sites (N-methyl/N-ethyl adjacent to an activating group) is 1. The van der Waals surface area contributed by atoms with Crippen LogP contribution in [-0.2, 0) is 14.3 Å². The van der Waals surface area contributed by atoms with Crippen molar-refractivity contribution >= 4 is 35.3 Å². The van der Waals surface area contributed by atoms with E-state index in [0.29, 0.717) is 0 Å². The Bertz CT molecular complexity index is 441. The zero-order chi connectivity index (χ0) is 17.0. The number of thioether (sulfide) groups is 1. The number of hydrogen-bond donors (Lipinski definition) is 2. The number of carboxylic acids is 2. The fraction of sp³-hybridized carbons (Fsp3) is 0.429. The molecule has 0 saturated heterocycles. The normalized spacial score (nSPS) is 10.0. The van der Waals surface area contributed by atoms with E-state index in [1.807, 2.05) is 38.4 Å². The first-order valence-corrected chi connectivity index (χ1v) is 7.76. The molecule has 0 fully saturated rings. The lowest BCUT2D eigenvalue weighted by molar-refractivity contribution is -0.159. The lowest BCUT2D eigenvalue weighted by Crippen LogP contribution is -2.18. The van der Waals surface area contributed by atoms with Gasteiger partial charge in [-0.3, -0.25) is 0 Å². The molecular formula is C14H20ClNO5S. The molecule has 2 N–H and O–H groups in total. The molecule has 0 bridgehead atoms. The third kappa shape index (κ3) is 12.5. The summed E-state index contributed by atoms with van der Waals surface area (Å²) in [5, 5.41) is 15.6. The number of hydrogen-bond acceptors (Lipinski definition) is 5. The zero-order valence-corrected chi connectivity index (χ0v) is 14.1. The second kappa shape index (κ2) is 12.3. The van der Waals surface area contributed by atoms with Crippen molar-refractivity contribution < 1.29 is 24.5 Å². The minimum atomic E-state index is -1.82. The smallest absolute Gasteiger partial charge is 0.414 e. The summed E-state index contributed by atoms with van der Waals surface area (Å²) in [6, 6.07) is 7.90. The lowest BCUT2D eigenvalue weighted by atomic mass is 10.4. The molecule has 0 radical (unpaired) electrons. The Kier molecular flexibility index (Phi) is 11.6. The summed E-state index contributed by atoms with van der Waals surface area (Å²) in [5.41, 5.74) is 0. The quantitative estimate of drug-likeness (QED) is 0.443. The van der Waals surface area contributed by atoms with Gasteiger partial charge in [0, 0.05) is 22.2 Å². The molecule has 1 rings (SSSR count). The maximum absolute atomic E-state index is 9.10. The van der Waals surface area contributed by atoms with E-state index < -0.39 is 11.9 Å². The summed E-state index contributed by atoms with van der Waals surface area (Å²) in [7, 11) is 4.09. The molecule has 0 aliphatic carbocycles. The van der Waals surface area contributed by atoms with E-state index in [2.05, 4.69) is 4.90 Å². The van der Waals surface area contributed by atoms with Crippen molar-refractivity contribution in [1.82, 2.24) is 4.90 Å². The fourth-order valence-electron chi connectivity index (χ4n) is 1.10. The first-order chi connectivity index (χ1) is 10.3. The number of carbonyl (C=O) groups is 2. The molecule has 0 heterocycles. The van der Waals surface area contributed by atoms with Gasteiger partial charge in [-0.25, -0.2) is 9.59 Å². The Labute approximate surface area is 139 Å². The van der Waals surface area contributed by atoms with Crippen LogP contribution in [0, 0.1) is 0 Å². The monoisotopic (exact) mass is 349 g/mol. The Balaban J connectivity index is 0.000000626. The fourth-order valence-corrected chi connectivity index (χ4v) is 1.99. The average molecular weight is 350 g/mol. The number of rotatable bonds is 7. The van der Waals surface area contributed by atoms with Gasteiger partial charge in [0.25, 0.3) is 0 Å². The van der Waals surface area contributed by atoms with Crippen molar-refractivity contribution in [2.75, 3.05) is 39.6 Å². The van der Waals surface area contributed by atoms with E-state index >= 15 is 0 Å². The van der Waals surface area contributed by atoms with Gasteiger partial charge in [0.2, 0.25) is 0 Å². The van der Waals surface area contributed by atoms with Crippen LogP contribution in [0.3, 0.4) is 0 Å². The Hall–Kier alpha value is -1.28. The van der Waals surface area contributed by atoms with Gasteiger partial charge in [0.1, 0.15) is 0 Å². The number of nitrogens with zero attached hydrogens (tertiary/aromatic N) is 1. The second-order valence-electron chi connectivity index (χ2n) is 4.33. The van der Waals surface area contributed by atoms with Crippen LogP contribution < -0.4 is 0 Å². The number of ether oxygens (including phenoxy) is 1. The summed E-state index contributed by atoms with van der Waals surface area (Å²) in [6.07, 6.45) is 0. The minimum absolute atomic E-state index is 0.784. The average Bonchev–Trinajstić information content (AvgIpc) is 2.45. The third-order valence-corrected chi connectivity index (χ3v) is 3.40. The molecule has 0 atom stereocenters. The number of aliphatic carboxylic acids is 2. The SMILES string of the molecule is CN(C)CCOCCSc1ccc(Cl)cc1.O=C(O)C(=O)O. The van der Waals surface area contributed by atoms with Crippen molar-refractivity contribution in [3.05, 3.63) is 29.3 Å². The van der Waals surface area contributed by atoms with Crippen LogP contribution in [0.5, 0.6) is 0 Å². The predicted molar refractivity (Wildman–Crippen MR) is 86.8 cm³/mol. The summed E-state index contributed by atoms with van der Waals surface area (Å²) in [4.78, 5) is 21.6. The third-order valence-electron chi connectivity index (χ3n) is 2.18. The molecule has 22 heavy (non-hydrogen) atoms. The highest BCUT2D eigenvalue weighted by atomic mass is 35.5. The molecule has 0 spiro atoms. The molecule has 6 nitrogen and oxygen atoms in total. The van der Waals surface area contributed by atoms with Crippen LogP contribution in [0.2, 0.25) is 5.02 Å². The van der Waals surface area contributed by atoms with Crippen LogP contribution in [-0.4, -0.2) is 66.7 Å². The molecule has 0 unspecified atom stereocenters. The molecule has 0 amide bonds. The van der Waals surface area contributed by atoms with Gasteiger partial charge in [-0.05, 0) is 38.4 Å². The molecule has 1 aromatic carbocycles. The molecule has 8 heteroatoms. The van der Waals surface area contributed by atoms with Gasteiger partial charge in [-0.2, -0.15) is 0 Å². The largest absolute Gasteiger partial charge is 0.473 e. The van der Waals surface area contributed by atoms with Gasteiger partial charge in [0.15, 0.2) is 0 Å². The highest BCUT2D eigenvalue weighted by molar-refractivity contribution is 7.99. The lowest BCUT2D eigenvalue weighted by Gasteiger charge is -2.09. The van der Waals surface area contributed by atoms with E-state index in [4.69, 9.17) is 36.1 Å². The van der Waals surface area contributed by atoms with Crippen molar-refractivity contribution in [2.24, 2.45) is 0 Å². The van der Waals surface area contributed by atoms with Crippen molar-refractivity contribution in [1.29, 1.82) is 0 Å². The molecule has 0 aliphatic rings. The van der Waals surface area contributed by atoms with Gasteiger partial charge >= 0.3 is 11.9 Å². The first kappa shape index (κ1) is 20.7. The molecule has 1 aromatic rings. The molecule has 124 valence electrons. The molecule has 0 saturated carbocycles. The zero-order valence-electron chi connectivity index (χ0n) is 12.5. The Morgan fingerprint density at radius 3 is 2.14 bits per heavy atom. The van der Waals surface area contributed by atoms with Gasteiger partial charge < -0.3 is 19.8 Å². The van der Waals surface area contributed by atoms with Crippen LogP contribution in [0.1, 0.15) is 0 Å². The Morgan fingerprint density at radius 2 is 1.68 bits per heavy atom. The van der Waals surface area contributed by atoms with Crippen LogP contribution in [0.15, 0.2) is 29.2 Å². The summed E-state index contributed by atoms with van der Waals surface area (Å²) >= 11 is 7.60. The number of carboxylic acid groups (broad SMARTS) is 2. The van der Waals surface area contributed by atoms with Crippen LogP contribution >= 0.6 is 23.4 Å². The number of halogens is 1. The van der Waals surface area contributed by atoms with Crippen LogP contribution in [0.4, 0.5) is 0 Å². The first-order valence-electron chi connectivity index (χ1n) is 6.40. The van der Waals surface area contributed by atoms with Crippen LogP contribution in [0.25, 0.3) is 0 Å². The highest BCUT2D eigenvalue weighted by Crippen LogP contribution is 2.19. The standard InChI is InChI=1S/C12H18ClNOS.C2H2O4/c1-14(2)7-8-15-9-10-16-12-5-3-11(13)4-6-12;3-1(4)2(5)6/h3-6H,7-10H2,1-2H3;(H,3,4)(H,5,6). The molecular weight excluding hydrogens is 330 g/mol. The Morgan fingerprint density at radius 1 is 1.14 bits per heavy atom. The summed E-state index contributed by atoms with van der Waals surface area (Å²) in [5.74, 6) is -2.67. The maximum atomic E-state index is 9.10. The van der Waals surface area contributed by atoms with Gasteiger partial charge in [-0.15, -0.1) is 11.8 Å². The van der Waals surface area contributed by atoms with E-state index in [9.17, 15) is 0 Å². The molecule has 0 aromatic heterocycles. The van der Waals surface area contributed by atoms with E-state index in [1.165, 1.54) is 4.90 Å². The van der Waals surface area contributed by atoms with E-state index in [1.54, 1.807) is 11.8 Å². The van der Waals surface area contributed by atoms with Crippen molar-refractivity contribution in [3.8, 4) is 0 Å². The van der Waals surface area contributed by atoms with Gasteiger partial charge in [0.05, 0.1) is 13.2 Å². The summed E-state index contributed by atoms with van der Waals surface area (Å²) in [6.45, 7) is 2.57. The topological polar surface area (TPSA) is 87.1 Å². The van der Waals surface area contributed by atoms with Gasteiger partial charge in [-0.1, -0.05) is 11.6 Å². The predicted octanol–water partition coefficient (Wildman–Crippen LogP) is 2.17. The van der Waals surface area contributed by atoms with E-state index in [-0.39, 0.29) is 0 Å². The van der Waals surface area contributed by atoms with Crippen molar-refractivity contribution in [2.45, 2.75) is 4.90 Å². The summed E-state index contributed by atoms with van der Waals surface area (Å²) < 4.78 is 5.50. The molecule has 0 aliphatic heterocycles. The highest BCUT2D eigenvalue weighted by Gasteiger charge is 2.04. The number of benzene rings is 1. The maximum Gasteiger partial charge on any atom is 0.414 e. The van der Waals surface area contributed by atoms with Crippen molar-refractivity contribution in [3.63, 3.8) is 0 Å². The minimum Gasteiger partial charge on any atom is -0.473 e. The second-order valence-corrected chi connectivity index (χ2v) is 5.93. The van der Waals surface area contributed by atoms with E-state index in [0.717, 1.165) is 30.5 Å².